The summed E-state index contributed by atoms with van der Waals surface area (Å²) in [6, 6.07) is 10.3. The van der Waals surface area contributed by atoms with E-state index >= 15 is 0 Å². The third kappa shape index (κ3) is 4.16. The van der Waals surface area contributed by atoms with Gasteiger partial charge in [0.1, 0.15) is 10.4 Å². The van der Waals surface area contributed by atoms with Crippen LogP contribution in [0.1, 0.15) is 15.9 Å². The minimum absolute atomic E-state index is 0.145. The summed E-state index contributed by atoms with van der Waals surface area (Å²) in [4.78, 5) is 26.4. The molecule has 1 heterocycles. The van der Waals surface area contributed by atoms with E-state index in [0.29, 0.717) is 10.2 Å². The number of rotatable bonds is 4. The highest BCUT2D eigenvalue weighted by Gasteiger charge is 2.09. The van der Waals surface area contributed by atoms with E-state index in [1.807, 2.05) is 0 Å². The third-order valence-corrected chi connectivity index (χ3v) is 3.24. The van der Waals surface area contributed by atoms with E-state index in [1.165, 1.54) is 0 Å². The first-order valence-electron chi connectivity index (χ1n) is 6.50. The van der Waals surface area contributed by atoms with Gasteiger partial charge in [0.2, 0.25) is 5.91 Å². The van der Waals surface area contributed by atoms with Gasteiger partial charge in [-0.2, -0.15) is 0 Å². The maximum Gasteiger partial charge on any atom is 0.272 e. The predicted octanol–water partition coefficient (Wildman–Crippen LogP) is 1.76. The zero-order chi connectivity index (χ0) is 15.9. The fourth-order valence-corrected chi connectivity index (χ4v) is 2.00. The molecule has 3 N–H and O–H groups in total. The zero-order valence-corrected chi connectivity index (χ0v) is 12.7. The Labute approximate surface area is 132 Å². The second-order valence-corrected chi connectivity index (χ2v) is 4.85. The molecule has 22 heavy (non-hydrogen) atoms. The highest BCUT2D eigenvalue weighted by molar-refractivity contribution is 7.71. The Morgan fingerprint density at radius 1 is 1.18 bits per heavy atom. The molecule has 0 saturated carbocycles. The summed E-state index contributed by atoms with van der Waals surface area (Å²) in [6.45, 7) is 0. The number of benzene rings is 1. The third-order valence-electron chi connectivity index (χ3n) is 2.90. The van der Waals surface area contributed by atoms with Crippen LogP contribution in [-0.4, -0.2) is 23.9 Å². The lowest BCUT2D eigenvalue weighted by Crippen LogP contribution is -2.42. The summed E-state index contributed by atoms with van der Waals surface area (Å²) in [6.07, 6.45) is 1.77. The van der Waals surface area contributed by atoms with Gasteiger partial charge < -0.3 is 9.72 Å². The molecule has 2 rings (SSSR count). The van der Waals surface area contributed by atoms with Gasteiger partial charge in [-0.3, -0.25) is 20.4 Å². The summed E-state index contributed by atoms with van der Waals surface area (Å²) in [5.41, 5.74) is 5.79. The molecule has 0 atom stereocenters. The summed E-state index contributed by atoms with van der Waals surface area (Å²) in [5.74, 6) is -0.0787. The molecule has 0 radical (unpaired) electrons. The summed E-state index contributed by atoms with van der Waals surface area (Å²) >= 11 is 5.00. The fourth-order valence-electron chi connectivity index (χ4n) is 1.77. The van der Waals surface area contributed by atoms with Gasteiger partial charge in [-0.15, -0.1) is 0 Å². The SMILES string of the molecule is COc1ccc(CC(=O)NNC(=O)c2ccc[nH]c2=S)cc1. The van der Waals surface area contributed by atoms with Crippen LogP contribution < -0.4 is 15.6 Å². The molecular formula is C15H15N3O3S. The van der Waals surface area contributed by atoms with Crippen LogP contribution in [0.3, 0.4) is 0 Å². The van der Waals surface area contributed by atoms with Crippen molar-refractivity contribution in [1.82, 2.24) is 15.8 Å². The molecule has 0 aliphatic rings. The number of ether oxygens (including phenoxy) is 1. The Balaban J connectivity index is 1.88. The van der Waals surface area contributed by atoms with Crippen LogP contribution in [-0.2, 0) is 11.2 Å². The molecule has 0 spiro atoms. The topological polar surface area (TPSA) is 83.2 Å². The average Bonchev–Trinajstić information content (AvgIpc) is 2.54. The normalized spacial score (nSPS) is 9.86. The standard InChI is InChI=1S/C15H15N3O3S/c1-21-11-6-4-10(5-7-11)9-13(19)17-18-14(20)12-3-2-8-16-15(12)22/h2-8H,9H2,1H3,(H,16,22)(H,17,19)(H,18,20). The smallest absolute Gasteiger partial charge is 0.272 e. The number of methoxy groups -OCH3 is 1. The van der Waals surface area contributed by atoms with Crippen molar-refractivity contribution in [3.05, 3.63) is 58.4 Å². The van der Waals surface area contributed by atoms with Gasteiger partial charge in [0.15, 0.2) is 0 Å². The van der Waals surface area contributed by atoms with E-state index in [0.717, 1.165) is 11.3 Å². The Hall–Kier alpha value is -2.67. The van der Waals surface area contributed by atoms with Crippen LogP contribution in [0, 0.1) is 4.64 Å². The molecule has 0 fully saturated rings. The number of nitrogens with one attached hydrogen (secondary N) is 3. The second-order valence-electron chi connectivity index (χ2n) is 4.44. The van der Waals surface area contributed by atoms with Crippen molar-refractivity contribution >= 4 is 24.0 Å². The summed E-state index contributed by atoms with van der Waals surface area (Å²) in [7, 11) is 1.58. The fraction of sp³-hybridized carbons (Fsp3) is 0.133. The minimum atomic E-state index is -0.468. The number of pyridine rings is 1. The number of hydrazine groups is 1. The molecule has 1 aromatic heterocycles. The van der Waals surface area contributed by atoms with Gasteiger partial charge in [0, 0.05) is 6.20 Å². The molecule has 2 aromatic rings. The number of aromatic nitrogens is 1. The lowest BCUT2D eigenvalue weighted by atomic mass is 10.1. The van der Waals surface area contributed by atoms with E-state index in [4.69, 9.17) is 17.0 Å². The van der Waals surface area contributed by atoms with Crippen molar-refractivity contribution in [3.63, 3.8) is 0 Å². The minimum Gasteiger partial charge on any atom is -0.497 e. The van der Waals surface area contributed by atoms with Crippen molar-refractivity contribution in [2.24, 2.45) is 0 Å². The van der Waals surface area contributed by atoms with Crippen molar-refractivity contribution in [2.75, 3.05) is 7.11 Å². The lowest BCUT2D eigenvalue weighted by molar-refractivity contribution is -0.121. The molecule has 2 amide bonds. The molecule has 0 unspecified atom stereocenters. The Morgan fingerprint density at radius 2 is 1.91 bits per heavy atom. The maximum atomic E-state index is 11.9. The van der Waals surface area contributed by atoms with Crippen LogP contribution in [0.25, 0.3) is 0 Å². The van der Waals surface area contributed by atoms with Crippen LogP contribution in [0.2, 0.25) is 0 Å². The number of hydrogen-bond acceptors (Lipinski definition) is 4. The molecule has 114 valence electrons. The van der Waals surface area contributed by atoms with E-state index in [2.05, 4.69) is 15.8 Å². The number of H-pyrrole nitrogens is 1. The van der Waals surface area contributed by atoms with E-state index in [9.17, 15) is 9.59 Å². The van der Waals surface area contributed by atoms with Crippen molar-refractivity contribution < 1.29 is 14.3 Å². The number of carbonyl (C=O) groups excluding carboxylic acids is 2. The Morgan fingerprint density at radius 3 is 2.55 bits per heavy atom. The summed E-state index contributed by atoms with van der Waals surface area (Å²) < 4.78 is 5.35. The molecule has 0 bridgehead atoms. The van der Waals surface area contributed by atoms with E-state index in [-0.39, 0.29) is 12.3 Å². The highest BCUT2D eigenvalue weighted by atomic mass is 32.1. The Kier molecular flexibility index (Phi) is 5.26. The molecular weight excluding hydrogens is 302 g/mol. The van der Waals surface area contributed by atoms with Crippen LogP contribution >= 0.6 is 12.2 Å². The monoisotopic (exact) mass is 317 g/mol. The number of carbonyl (C=O) groups is 2. The van der Waals surface area contributed by atoms with Gasteiger partial charge in [-0.05, 0) is 29.8 Å². The van der Waals surface area contributed by atoms with Crippen molar-refractivity contribution in [2.45, 2.75) is 6.42 Å². The molecule has 0 aliphatic heterocycles. The molecule has 7 heteroatoms. The number of amides is 2. The first-order valence-corrected chi connectivity index (χ1v) is 6.91. The Bertz CT molecular complexity index is 725. The van der Waals surface area contributed by atoms with Crippen LogP contribution in [0.5, 0.6) is 5.75 Å². The van der Waals surface area contributed by atoms with E-state index < -0.39 is 5.91 Å². The van der Waals surface area contributed by atoms with E-state index in [1.54, 1.807) is 49.7 Å². The number of hydrogen-bond donors (Lipinski definition) is 3. The van der Waals surface area contributed by atoms with Crippen LogP contribution in [0.15, 0.2) is 42.6 Å². The van der Waals surface area contributed by atoms with Crippen molar-refractivity contribution in [3.8, 4) is 5.75 Å². The predicted molar refractivity (Wildman–Crippen MR) is 83.9 cm³/mol. The summed E-state index contributed by atoms with van der Waals surface area (Å²) in [5, 5.41) is 0. The molecule has 6 nitrogen and oxygen atoms in total. The molecule has 1 aromatic carbocycles. The average molecular weight is 317 g/mol. The van der Waals surface area contributed by atoms with Crippen molar-refractivity contribution in [1.29, 1.82) is 0 Å². The second kappa shape index (κ2) is 7.37. The van der Waals surface area contributed by atoms with Gasteiger partial charge in [0.25, 0.3) is 5.91 Å². The van der Waals surface area contributed by atoms with Gasteiger partial charge >= 0.3 is 0 Å². The first-order chi connectivity index (χ1) is 10.6. The van der Waals surface area contributed by atoms with Gasteiger partial charge in [-0.25, -0.2) is 0 Å². The number of aromatic amines is 1. The molecule has 0 aliphatic carbocycles. The highest BCUT2D eigenvalue weighted by Crippen LogP contribution is 2.11. The van der Waals surface area contributed by atoms with Crippen LogP contribution in [0.4, 0.5) is 0 Å². The zero-order valence-electron chi connectivity index (χ0n) is 11.9. The largest absolute Gasteiger partial charge is 0.497 e. The maximum absolute atomic E-state index is 11.9. The first kappa shape index (κ1) is 15.7. The molecule has 0 saturated heterocycles. The lowest BCUT2D eigenvalue weighted by Gasteiger charge is -2.08. The quantitative estimate of drug-likeness (QED) is 0.593. The van der Waals surface area contributed by atoms with Gasteiger partial charge in [-0.1, -0.05) is 24.4 Å². The van der Waals surface area contributed by atoms with Gasteiger partial charge in [0.05, 0.1) is 19.1 Å².